The molecule has 3 aromatic rings. The minimum absolute atomic E-state index is 0.0246. The van der Waals surface area contributed by atoms with Gasteiger partial charge >= 0.3 is 0 Å². The molecule has 4 rings (SSSR count). The van der Waals surface area contributed by atoms with Crippen LogP contribution in [0.3, 0.4) is 0 Å². The Hall–Kier alpha value is -2.96. The molecule has 5 nitrogen and oxygen atoms in total. The van der Waals surface area contributed by atoms with Gasteiger partial charge in [-0.1, -0.05) is 82.3 Å². The number of amides is 2. The Morgan fingerprint density at radius 1 is 1.08 bits per heavy atom. The van der Waals surface area contributed by atoms with E-state index >= 15 is 0 Å². The summed E-state index contributed by atoms with van der Waals surface area (Å²) in [5.74, 6) is -0.175. The van der Waals surface area contributed by atoms with Crippen molar-refractivity contribution in [2.45, 2.75) is 71.6 Å². The summed E-state index contributed by atoms with van der Waals surface area (Å²) in [6, 6.07) is 20.4. The molecule has 0 fully saturated rings. The molecular formula is C32H40N2O3S. The molecule has 1 aliphatic heterocycles. The summed E-state index contributed by atoms with van der Waals surface area (Å²) in [4.78, 5) is 32.1. The van der Waals surface area contributed by atoms with E-state index in [-0.39, 0.29) is 42.5 Å². The number of benzene rings is 2. The van der Waals surface area contributed by atoms with E-state index in [4.69, 9.17) is 4.74 Å². The van der Waals surface area contributed by atoms with E-state index in [0.29, 0.717) is 13.2 Å². The molecule has 0 spiro atoms. The van der Waals surface area contributed by atoms with E-state index in [2.05, 4.69) is 56.5 Å². The van der Waals surface area contributed by atoms with Crippen LogP contribution in [0.25, 0.3) is 0 Å². The number of hydrogen-bond acceptors (Lipinski definition) is 4. The molecule has 0 bridgehead atoms. The number of hydrogen-bond donors (Lipinski definition) is 0. The van der Waals surface area contributed by atoms with Crippen molar-refractivity contribution in [3.63, 3.8) is 0 Å². The molecule has 0 N–H and O–H groups in total. The second-order valence-electron chi connectivity index (χ2n) is 11.2. The maximum Gasteiger partial charge on any atom is 0.249 e. The van der Waals surface area contributed by atoms with Crippen LogP contribution in [-0.2, 0) is 32.8 Å². The van der Waals surface area contributed by atoms with Crippen LogP contribution in [0.15, 0.2) is 66.0 Å². The number of fused-ring (bicyclic) bond motifs is 1. The van der Waals surface area contributed by atoms with Crippen molar-refractivity contribution in [2.24, 2.45) is 0 Å². The zero-order chi connectivity index (χ0) is 27.3. The molecule has 2 atom stereocenters. The first kappa shape index (κ1) is 28.1. The Bertz CT molecular complexity index is 1210. The monoisotopic (exact) mass is 532 g/mol. The van der Waals surface area contributed by atoms with Crippen molar-refractivity contribution in [3.8, 4) is 0 Å². The topological polar surface area (TPSA) is 49.9 Å². The second-order valence-corrected chi connectivity index (χ2v) is 12.2. The molecule has 0 aliphatic carbocycles. The SMILES string of the molecule is CCC(C)N(CC(=O)N1CCc2sccc2C1c1ccc(C(C)(C)C)cc1)C(=O)COCc1ccccc1. The third-order valence-corrected chi connectivity index (χ3v) is 8.46. The van der Waals surface area contributed by atoms with Gasteiger partial charge in [0, 0.05) is 17.5 Å². The Morgan fingerprint density at radius 3 is 2.45 bits per heavy atom. The van der Waals surface area contributed by atoms with Crippen molar-refractivity contribution in [2.75, 3.05) is 19.7 Å². The van der Waals surface area contributed by atoms with Crippen molar-refractivity contribution in [1.29, 1.82) is 0 Å². The summed E-state index contributed by atoms with van der Waals surface area (Å²) in [5.41, 5.74) is 4.66. The van der Waals surface area contributed by atoms with Crippen LogP contribution in [0.2, 0.25) is 0 Å². The van der Waals surface area contributed by atoms with E-state index in [9.17, 15) is 9.59 Å². The van der Waals surface area contributed by atoms with Crippen LogP contribution in [0.5, 0.6) is 0 Å². The number of carbonyl (C=O) groups excluding carboxylic acids is 2. The molecule has 0 saturated carbocycles. The maximum atomic E-state index is 13.9. The first-order valence-corrected chi connectivity index (χ1v) is 14.4. The molecule has 38 heavy (non-hydrogen) atoms. The lowest BCUT2D eigenvalue weighted by atomic mass is 9.85. The molecule has 202 valence electrons. The van der Waals surface area contributed by atoms with Gasteiger partial charge in [0.1, 0.15) is 13.2 Å². The third kappa shape index (κ3) is 6.54. The Labute approximate surface area is 231 Å². The molecule has 1 aliphatic rings. The molecule has 2 heterocycles. The van der Waals surface area contributed by atoms with Gasteiger partial charge in [-0.2, -0.15) is 0 Å². The molecule has 0 saturated heterocycles. The predicted molar refractivity (Wildman–Crippen MR) is 154 cm³/mol. The largest absolute Gasteiger partial charge is 0.367 e. The highest BCUT2D eigenvalue weighted by atomic mass is 32.1. The van der Waals surface area contributed by atoms with Crippen LogP contribution in [0.1, 0.15) is 74.2 Å². The lowest BCUT2D eigenvalue weighted by Crippen LogP contribution is -2.50. The molecule has 2 aromatic carbocycles. The minimum Gasteiger partial charge on any atom is -0.367 e. The van der Waals surface area contributed by atoms with Crippen LogP contribution in [-0.4, -0.2) is 47.4 Å². The number of thiophene rings is 1. The average Bonchev–Trinajstić information content (AvgIpc) is 3.40. The summed E-state index contributed by atoms with van der Waals surface area (Å²) < 4.78 is 5.73. The van der Waals surface area contributed by atoms with Crippen LogP contribution < -0.4 is 0 Å². The zero-order valence-electron chi connectivity index (χ0n) is 23.3. The van der Waals surface area contributed by atoms with Gasteiger partial charge in [-0.3, -0.25) is 9.59 Å². The zero-order valence-corrected chi connectivity index (χ0v) is 24.1. The number of rotatable bonds is 9. The summed E-state index contributed by atoms with van der Waals surface area (Å²) >= 11 is 1.76. The summed E-state index contributed by atoms with van der Waals surface area (Å²) in [6.07, 6.45) is 1.61. The predicted octanol–water partition coefficient (Wildman–Crippen LogP) is 6.36. The van der Waals surface area contributed by atoms with Gasteiger partial charge in [0.15, 0.2) is 0 Å². The lowest BCUT2D eigenvalue weighted by Gasteiger charge is -2.38. The van der Waals surface area contributed by atoms with E-state index in [0.717, 1.165) is 24.0 Å². The van der Waals surface area contributed by atoms with Gasteiger partial charge < -0.3 is 14.5 Å². The number of carbonyl (C=O) groups is 2. The summed E-state index contributed by atoms with van der Waals surface area (Å²) in [7, 11) is 0. The highest BCUT2D eigenvalue weighted by Crippen LogP contribution is 2.38. The summed E-state index contributed by atoms with van der Waals surface area (Å²) in [5, 5.41) is 2.12. The first-order chi connectivity index (χ1) is 18.2. The van der Waals surface area contributed by atoms with Crippen LogP contribution >= 0.6 is 11.3 Å². The molecule has 0 radical (unpaired) electrons. The summed E-state index contributed by atoms with van der Waals surface area (Å²) in [6.45, 7) is 11.7. The first-order valence-electron chi connectivity index (χ1n) is 13.6. The van der Waals surface area contributed by atoms with E-state index in [1.807, 2.05) is 49.1 Å². The van der Waals surface area contributed by atoms with Gasteiger partial charge in [-0.15, -0.1) is 11.3 Å². The Kier molecular flexibility index (Phi) is 9.06. The number of ether oxygens (including phenoxy) is 1. The molecule has 1 aromatic heterocycles. The van der Waals surface area contributed by atoms with Gasteiger partial charge in [-0.05, 0) is 58.9 Å². The Balaban J connectivity index is 1.51. The van der Waals surface area contributed by atoms with E-state index in [1.54, 1.807) is 16.2 Å². The quantitative estimate of drug-likeness (QED) is 0.322. The van der Waals surface area contributed by atoms with E-state index in [1.165, 1.54) is 16.0 Å². The van der Waals surface area contributed by atoms with Crippen molar-refractivity contribution >= 4 is 23.2 Å². The van der Waals surface area contributed by atoms with Crippen molar-refractivity contribution in [3.05, 3.63) is 93.2 Å². The smallest absolute Gasteiger partial charge is 0.249 e. The third-order valence-electron chi connectivity index (χ3n) is 7.46. The molecule has 6 heteroatoms. The lowest BCUT2D eigenvalue weighted by molar-refractivity contribution is -0.146. The fraction of sp³-hybridized carbons (Fsp3) is 0.438. The standard InChI is InChI=1S/C32H40N2O3S/c1-6-23(2)34(30(36)22-37-21-24-10-8-7-9-11-24)20-29(35)33-18-16-28-27(17-19-38-28)31(33)25-12-14-26(15-13-25)32(3,4)5/h7-15,17,19,23,31H,6,16,18,20-22H2,1-5H3. The molecular weight excluding hydrogens is 492 g/mol. The maximum absolute atomic E-state index is 13.9. The molecule has 2 amide bonds. The number of nitrogens with zero attached hydrogens (tertiary/aromatic N) is 2. The second kappa shape index (κ2) is 12.3. The Morgan fingerprint density at radius 2 is 1.79 bits per heavy atom. The fourth-order valence-electron chi connectivity index (χ4n) is 4.97. The molecule has 2 unspecified atom stereocenters. The van der Waals surface area contributed by atoms with Crippen molar-refractivity contribution < 1.29 is 14.3 Å². The van der Waals surface area contributed by atoms with Gasteiger partial charge in [0.2, 0.25) is 11.8 Å². The highest BCUT2D eigenvalue weighted by Gasteiger charge is 2.34. The van der Waals surface area contributed by atoms with Gasteiger partial charge in [0.25, 0.3) is 0 Å². The fourth-order valence-corrected chi connectivity index (χ4v) is 5.87. The normalized spacial score (nSPS) is 16.1. The van der Waals surface area contributed by atoms with Crippen molar-refractivity contribution in [1.82, 2.24) is 9.80 Å². The minimum atomic E-state index is -0.150. The van der Waals surface area contributed by atoms with Crippen LogP contribution in [0.4, 0.5) is 0 Å². The van der Waals surface area contributed by atoms with E-state index < -0.39 is 0 Å². The highest BCUT2D eigenvalue weighted by molar-refractivity contribution is 7.10. The van der Waals surface area contributed by atoms with Gasteiger partial charge in [-0.25, -0.2) is 0 Å². The van der Waals surface area contributed by atoms with Crippen LogP contribution in [0, 0.1) is 0 Å². The van der Waals surface area contributed by atoms with Gasteiger partial charge in [0.05, 0.1) is 12.6 Å². The average molecular weight is 533 g/mol.